The van der Waals surface area contributed by atoms with E-state index < -0.39 is 16.7 Å². The van der Waals surface area contributed by atoms with E-state index in [4.69, 9.17) is 4.74 Å². The summed E-state index contributed by atoms with van der Waals surface area (Å²) in [5, 5.41) is 16.7. The first kappa shape index (κ1) is 20.1. The molecule has 1 aromatic carbocycles. The Labute approximate surface area is 166 Å². The number of ether oxygens (including phenoxy) is 1. The molecule has 1 saturated heterocycles. The molecule has 29 heavy (non-hydrogen) atoms. The van der Waals surface area contributed by atoms with Gasteiger partial charge in [0, 0.05) is 50.2 Å². The Bertz CT molecular complexity index is 886. The number of benzene rings is 1. The fourth-order valence-corrected chi connectivity index (χ4v) is 2.84. The summed E-state index contributed by atoms with van der Waals surface area (Å²) >= 11 is 0. The average Bonchev–Trinajstić information content (AvgIpc) is 2.77. The number of carbonyl (C=O) groups is 2. The van der Waals surface area contributed by atoms with Gasteiger partial charge in [0.15, 0.2) is 0 Å². The van der Waals surface area contributed by atoms with Gasteiger partial charge in [-0.15, -0.1) is 0 Å². The molecule has 152 valence electrons. The van der Waals surface area contributed by atoms with Gasteiger partial charge in [-0.25, -0.2) is 4.98 Å². The van der Waals surface area contributed by atoms with Crippen molar-refractivity contribution in [3.05, 3.63) is 58.2 Å². The van der Waals surface area contributed by atoms with Crippen molar-refractivity contribution in [2.24, 2.45) is 0 Å². The molecule has 0 spiro atoms. The van der Waals surface area contributed by atoms with Crippen LogP contribution < -0.4 is 15.5 Å². The summed E-state index contributed by atoms with van der Waals surface area (Å²) in [7, 11) is 0. The van der Waals surface area contributed by atoms with E-state index in [0.29, 0.717) is 32.0 Å². The number of morpholine rings is 1. The molecular formula is C18H20N6O5. The van der Waals surface area contributed by atoms with E-state index in [9.17, 15) is 19.7 Å². The number of nitrogens with one attached hydrogen (secondary N) is 2. The van der Waals surface area contributed by atoms with Crippen molar-refractivity contribution in [3.63, 3.8) is 0 Å². The zero-order valence-corrected chi connectivity index (χ0v) is 15.5. The number of rotatable bonds is 7. The number of nitrogens with zero attached hydrogens (tertiary/aromatic N) is 4. The highest BCUT2D eigenvalue weighted by atomic mass is 16.6. The number of hydrogen-bond donors (Lipinski definition) is 2. The summed E-state index contributed by atoms with van der Waals surface area (Å²) < 4.78 is 5.27. The first-order valence-electron chi connectivity index (χ1n) is 9.00. The molecule has 3 rings (SSSR count). The van der Waals surface area contributed by atoms with Gasteiger partial charge in [-0.1, -0.05) is 0 Å². The summed E-state index contributed by atoms with van der Waals surface area (Å²) in [5.74, 6) is -0.867. The van der Waals surface area contributed by atoms with E-state index in [0.717, 1.165) is 0 Å². The lowest BCUT2D eigenvalue weighted by molar-refractivity contribution is -0.384. The predicted molar refractivity (Wildman–Crippen MR) is 103 cm³/mol. The Morgan fingerprint density at radius 1 is 1.14 bits per heavy atom. The molecule has 1 fully saturated rings. The molecule has 0 bridgehead atoms. The van der Waals surface area contributed by atoms with Gasteiger partial charge in [0.2, 0.25) is 0 Å². The monoisotopic (exact) mass is 400 g/mol. The van der Waals surface area contributed by atoms with Crippen molar-refractivity contribution in [2.75, 3.05) is 44.3 Å². The van der Waals surface area contributed by atoms with E-state index in [2.05, 4.69) is 20.6 Å². The molecule has 2 amide bonds. The number of nitro benzene ring substituents is 1. The topological polar surface area (TPSA) is 140 Å². The van der Waals surface area contributed by atoms with E-state index in [1.807, 2.05) is 4.90 Å². The summed E-state index contributed by atoms with van der Waals surface area (Å²) in [6.07, 6.45) is 4.20. The van der Waals surface area contributed by atoms with Gasteiger partial charge >= 0.3 is 0 Å². The SMILES string of the molecule is O=C(NCCNC(=O)c1cnccn1)c1ccc(N2CCOCC2)c([N+](=O)[O-])c1. The van der Waals surface area contributed by atoms with Crippen LogP contribution in [-0.4, -0.2) is 66.1 Å². The van der Waals surface area contributed by atoms with Crippen molar-refractivity contribution in [1.29, 1.82) is 0 Å². The molecule has 2 N–H and O–H groups in total. The van der Waals surface area contributed by atoms with Crippen LogP contribution in [0.3, 0.4) is 0 Å². The zero-order chi connectivity index (χ0) is 20.6. The first-order valence-corrected chi connectivity index (χ1v) is 9.00. The Morgan fingerprint density at radius 3 is 2.52 bits per heavy atom. The minimum Gasteiger partial charge on any atom is -0.378 e. The van der Waals surface area contributed by atoms with Crippen LogP contribution >= 0.6 is 0 Å². The lowest BCUT2D eigenvalue weighted by atomic mass is 10.1. The molecule has 0 radical (unpaired) electrons. The lowest BCUT2D eigenvalue weighted by Crippen LogP contribution is -2.37. The first-order chi connectivity index (χ1) is 14.1. The van der Waals surface area contributed by atoms with Crippen molar-refractivity contribution in [1.82, 2.24) is 20.6 Å². The molecule has 1 aliphatic heterocycles. The van der Waals surface area contributed by atoms with Crippen LogP contribution in [0.1, 0.15) is 20.8 Å². The number of aromatic nitrogens is 2. The minimum absolute atomic E-state index is 0.129. The number of amides is 2. The van der Waals surface area contributed by atoms with Crippen LogP contribution in [0.5, 0.6) is 0 Å². The fourth-order valence-electron chi connectivity index (χ4n) is 2.84. The normalized spacial score (nSPS) is 13.6. The zero-order valence-electron chi connectivity index (χ0n) is 15.5. The third-order valence-electron chi connectivity index (χ3n) is 4.28. The number of carbonyl (C=O) groups excluding carboxylic acids is 2. The third-order valence-corrected chi connectivity index (χ3v) is 4.28. The van der Waals surface area contributed by atoms with Crippen LogP contribution in [0.2, 0.25) is 0 Å². The largest absolute Gasteiger partial charge is 0.378 e. The molecule has 2 heterocycles. The van der Waals surface area contributed by atoms with Crippen LogP contribution in [0.15, 0.2) is 36.8 Å². The summed E-state index contributed by atoms with van der Waals surface area (Å²) in [4.78, 5) is 44.7. The standard InChI is InChI=1S/C18H20N6O5/c25-17(21-5-6-22-18(26)14-12-19-3-4-20-14)13-1-2-15(16(11-13)24(27)28)23-7-9-29-10-8-23/h1-4,11-12H,5-10H2,(H,21,25)(H,22,26). The summed E-state index contributed by atoms with van der Waals surface area (Å²) in [5.41, 5.74) is 0.684. The van der Waals surface area contributed by atoms with E-state index in [1.165, 1.54) is 24.7 Å². The van der Waals surface area contributed by atoms with Crippen LogP contribution in [-0.2, 0) is 4.74 Å². The molecule has 0 atom stereocenters. The Balaban J connectivity index is 1.57. The van der Waals surface area contributed by atoms with Crippen molar-refractivity contribution >= 4 is 23.2 Å². The van der Waals surface area contributed by atoms with Gasteiger partial charge < -0.3 is 20.3 Å². The number of anilines is 1. The second-order valence-corrected chi connectivity index (χ2v) is 6.16. The molecule has 0 unspecified atom stereocenters. The molecule has 11 heteroatoms. The molecule has 0 saturated carbocycles. The number of nitro groups is 1. The van der Waals surface area contributed by atoms with Crippen LogP contribution in [0.4, 0.5) is 11.4 Å². The van der Waals surface area contributed by atoms with E-state index in [-0.39, 0.29) is 30.0 Å². The van der Waals surface area contributed by atoms with Crippen LogP contribution in [0, 0.1) is 10.1 Å². The minimum atomic E-state index is -0.497. The molecule has 11 nitrogen and oxygen atoms in total. The Kier molecular flexibility index (Phi) is 6.63. The highest BCUT2D eigenvalue weighted by Crippen LogP contribution is 2.29. The molecule has 2 aromatic rings. The summed E-state index contributed by atoms with van der Waals surface area (Å²) in [6, 6.07) is 4.39. The van der Waals surface area contributed by atoms with Crippen molar-refractivity contribution in [3.8, 4) is 0 Å². The maximum absolute atomic E-state index is 12.3. The highest BCUT2D eigenvalue weighted by molar-refractivity contribution is 5.96. The average molecular weight is 400 g/mol. The third kappa shape index (κ3) is 5.23. The van der Waals surface area contributed by atoms with Gasteiger partial charge in [-0.05, 0) is 12.1 Å². The van der Waals surface area contributed by atoms with Gasteiger partial charge in [0.25, 0.3) is 17.5 Å². The predicted octanol–water partition coefficient (Wildman–Crippen LogP) is 0.381. The maximum Gasteiger partial charge on any atom is 0.293 e. The Morgan fingerprint density at radius 2 is 1.86 bits per heavy atom. The van der Waals surface area contributed by atoms with Crippen LogP contribution in [0.25, 0.3) is 0 Å². The quantitative estimate of drug-likeness (QED) is 0.386. The van der Waals surface area contributed by atoms with Crippen molar-refractivity contribution in [2.45, 2.75) is 0 Å². The van der Waals surface area contributed by atoms with E-state index >= 15 is 0 Å². The summed E-state index contributed by atoms with van der Waals surface area (Å²) in [6.45, 7) is 2.44. The molecular weight excluding hydrogens is 380 g/mol. The highest BCUT2D eigenvalue weighted by Gasteiger charge is 2.23. The fraction of sp³-hybridized carbons (Fsp3) is 0.333. The van der Waals surface area contributed by atoms with Crippen molar-refractivity contribution < 1.29 is 19.2 Å². The molecule has 0 aliphatic carbocycles. The van der Waals surface area contributed by atoms with Gasteiger partial charge in [0.1, 0.15) is 11.4 Å². The van der Waals surface area contributed by atoms with Gasteiger partial charge in [-0.2, -0.15) is 0 Å². The van der Waals surface area contributed by atoms with Gasteiger partial charge in [-0.3, -0.25) is 24.7 Å². The Hall–Kier alpha value is -3.60. The van der Waals surface area contributed by atoms with E-state index in [1.54, 1.807) is 12.1 Å². The second-order valence-electron chi connectivity index (χ2n) is 6.16. The second kappa shape index (κ2) is 9.55. The number of hydrogen-bond acceptors (Lipinski definition) is 8. The van der Waals surface area contributed by atoms with Gasteiger partial charge in [0.05, 0.1) is 24.3 Å². The molecule has 1 aromatic heterocycles. The maximum atomic E-state index is 12.3. The lowest BCUT2D eigenvalue weighted by Gasteiger charge is -2.28. The molecule has 1 aliphatic rings. The smallest absolute Gasteiger partial charge is 0.293 e.